The van der Waals surface area contributed by atoms with Crippen LogP contribution < -0.4 is 10.1 Å². The van der Waals surface area contributed by atoms with Crippen LogP contribution in [0.25, 0.3) is 22.2 Å². The summed E-state index contributed by atoms with van der Waals surface area (Å²) in [6.07, 6.45) is 0.385. The van der Waals surface area contributed by atoms with E-state index in [4.69, 9.17) is 4.74 Å². The third kappa shape index (κ3) is 2.98. The van der Waals surface area contributed by atoms with E-state index in [0.29, 0.717) is 35.1 Å². The predicted molar refractivity (Wildman–Crippen MR) is 102 cm³/mol. The Balaban J connectivity index is 1.94. The van der Waals surface area contributed by atoms with Crippen molar-refractivity contribution >= 4 is 22.8 Å². The average Bonchev–Trinajstić information content (AvgIpc) is 2.89. The zero-order valence-corrected chi connectivity index (χ0v) is 15.4. The number of halogens is 1. The van der Waals surface area contributed by atoms with Crippen molar-refractivity contribution < 1.29 is 23.8 Å². The number of aromatic nitrogens is 1. The van der Waals surface area contributed by atoms with E-state index < -0.39 is 11.8 Å². The third-order valence-corrected chi connectivity index (χ3v) is 4.73. The second kappa shape index (κ2) is 6.67. The third-order valence-electron chi connectivity index (χ3n) is 4.73. The monoisotopic (exact) mass is 382 g/mol. The summed E-state index contributed by atoms with van der Waals surface area (Å²) in [6.45, 7) is 4.06. The highest BCUT2D eigenvalue weighted by molar-refractivity contribution is 6.10. The van der Waals surface area contributed by atoms with Crippen molar-refractivity contribution in [2.75, 3.05) is 6.54 Å². The van der Waals surface area contributed by atoms with Crippen LogP contribution in [0.4, 0.5) is 4.39 Å². The first-order valence-electron chi connectivity index (χ1n) is 9.02. The highest BCUT2D eigenvalue weighted by atomic mass is 19.1. The number of ether oxygens (including phenoxy) is 1. The molecule has 1 aromatic heterocycles. The zero-order chi connectivity index (χ0) is 20.0. The van der Waals surface area contributed by atoms with E-state index in [1.54, 1.807) is 12.1 Å². The van der Waals surface area contributed by atoms with Gasteiger partial charge < -0.3 is 20.1 Å². The van der Waals surface area contributed by atoms with Crippen molar-refractivity contribution in [3.8, 4) is 17.0 Å². The van der Waals surface area contributed by atoms with Gasteiger partial charge in [-0.05, 0) is 61.7 Å². The van der Waals surface area contributed by atoms with Gasteiger partial charge in [0.2, 0.25) is 0 Å². The van der Waals surface area contributed by atoms with E-state index in [-0.39, 0.29) is 28.9 Å². The molecular formula is C21H19FN2O4. The zero-order valence-electron chi connectivity index (χ0n) is 15.4. The van der Waals surface area contributed by atoms with Crippen LogP contribution in [-0.2, 0) is 6.42 Å². The number of carbonyl (C=O) groups is 2. The highest BCUT2D eigenvalue weighted by Crippen LogP contribution is 2.36. The maximum atomic E-state index is 14.0. The van der Waals surface area contributed by atoms with Gasteiger partial charge in [0.1, 0.15) is 17.1 Å². The number of rotatable bonds is 4. The van der Waals surface area contributed by atoms with Gasteiger partial charge in [-0.1, -0.05) is 0 Å². The number of nitrogens with one attached hydrogen (secondary N) is 2. The van der Waals surface area contributed by atoms with Crippen molar-refractivity contribution in [2.24, 2.45) is 0 Å². The minimum absolute atomic E-state index is 0.0475. The van der Waals surface area contributed by atoms with Gasteiger partial charge in [-0.2, -0.15) is 0 Å². The van der Waals surface area contributed by atoms with E-state index >= 15 is 0 Å². The Morgan fingerprint density at radius 1 is 1.25 bits per heavy atom. The van der Waals surface area contributed by atoms with Crippen LogP contribution in [0.2, 0.25) is 0 Å². The molecule has 1 amide bonds. The predicted octanol–water partition coefficient (Wildman–Crippen LogP) is 3.75. The number of hydrogen-bond donors (Lipinski definition) is 3. The van der Waals surface area contributed by atoms with Crippen molar-refractivity contribution in [2.45, 2.75) is 26.4 Å². The van der Waals surface area contributed by atoms with Gasteiger partial charge in [0.25, 0.3) is 5.91 Å². The summed E-state index contributed by atoms with van der Waals surface area (Å²) < 4.78 is 19.6. The van der Waals surface area contributed by atoms with Crippen LogP contribution in [0, 0.1) is 5.82 Å². The number of amides is 1. The Hall–Kier alpha value is -3.35. The average molecular weight is 382 g/mol. The van der Waals surface area contributed by atoms with E-state index in [1.165, 1.54) is 18.2 Å². The highest BCUT2D eigenvalue weighted by Gasteiger charge is 2.24. The summed E-state index contributed by atoms with van der Waals surface area (Å²) in [7, 11) is 0. The number of hydrogen-bond acceptors (Lipinski definition) is 3. The molecule has 0 atom stereocenters. The van der Waals surface area contributed by atoms with Crippen LogP contribution in [0.3, 0.4) is 0 Å². The Labute approximate surface area is 160 Å². The van der Waals surface area contributed by atoms with Crippen LogP contribution in [0.5, 0.6) is 5.75 Å². The molecule has 2 heterocycles. The van der Waals surface area contributed by atoms with E-state index in [9.17, 15) is 19.1 Å². The van der Waals surface area contributed by atoms with Gasteiger partial charge in [0, 0.05) is 23.1 Å². The molecule has 0 spiro atoms. The summed E-state index contributed by atoms with van der Waals surface area (Å²) in [5, 5.41) is 13.0. The number of aromatic carboxylic acids is 1. The minimum Gasteiger partial charge on any atom is -0.490 e. The lowest BCUT2D eigenvalue weighted by Crippen LogP contribution is -2.23. The van der Waals surface area contributed by atoms with Gasteiger partial charge >= 0.3 is 5.97 Å². The summed E-state index contributed by atoms with van der Waals surface area (Å²) in [6, 6.07) is 7.50. The maximum absolute atomic E-state index is 14.0. The molecule has 6 nitrogen and oxygen atoms in total. The topological polar surface area (TPSA) is 91.4 Å². The minimum atomic E-state index is -1.09. The summed E-state index contributed by atoms with van der Waals surface area (Å²) in [4.78, 5) is 27.2. The summed E-state index contributed by atoms with van der Waals surface area (Å²) in [5.41, 5.74) is 3.01. The second-order valence-corrected chi connectivity index (χ2v) is 7.04. The standard InChI is InChI=1S/C21H19FN2O4/c1-10(2)28-17-4-3-11(7-14(17)21(26)27)19-13-5-6-23-20(25)15-8-12(22)9-16(24-19)18(13)15/h3-4,7-10,24H,5-6H2,1-2H3,(H,23,25)(H,26,27). The molecule has 28 heavy (non-hydrogen) atoms. The lowest BCUT2D eigenvalue weighted by molar-refractivity contribution is 0.0690. The van der Waals surface area contributed by atoms with E-state index in [0.717, 1.165) is 5.56 Å². The molecule has 0 saturated heterocycles. The van der Waals surface area contributed by atoms with Gasteiger partial charge in [0.05, 0.1) is 11.7 Å². The molecule has 3 aromatic rings. The molecule has 7 heteroatoms. The summed E-state index contributed by atoms with van der Waals surface area (Å²) in [5.74, 6) is -1.63. The SMILES string of the molecule is CC(C)Oc1ccc(-c2[nH]c3cc(F)cc4c3c2CCNC4=O)cc1C(=O)O. The van der Waals surface area contributed by atoms with Crippen molar-refractivity contribution in [3.63, 3.8) is 0 Å². The molecule has 0 saturated carbocycles. The number of carboxylic acids is 1. The maximum Gasteiger partial charge on any atom is 0.339 e. The van der Waals surface area contributed by atoms with Gasteiger partial charge in [-0.3, -0.25) is 4.79 Å². The van der Waals surface area contributed by atoms with E-state index in [2.05, 4.69) is 10.3 Å². The quantitative estimate of drug-likeness (QED) is 0.641. The van der Waals surface area contributed by atoms with Crippen LogP contribution in [0.1, 0.15) is 40.1 Å². The Morgan fingerprint density at radius 3 is 2.75 bits per heavy atom. The largest absolute Gasteiger partial charge is 0.490 e. The van der Waals surface area contributed by atoms with Gasteiger partial charge in [0.15, 0.2) is 0 Å². The summed E-state index contributed by atoms with van der Waals surface area (Å²) >= 11 is 0. The van der Waals surface area contributed by atoms with Gasteiger partial charge in [-0.15, -0.1) is 0 Å². The first-order valence-corrected chi connectivity index (χ1v) is 9.02. The number of carboxylic acid groups (broad SMARTS) is 1. The molecule has 0 radical (unpaired) electrons. The molecule has 2 aromatic carbocycles. The molecule has 1 aliphatic heterocycles. The lowest BCUT2D eigenvalue weighted by Gasteiger charge is -2.13. The number of carbonyl (C=O) groups excluding carboxylic acids is 1. The molecule has 0 fully saturated rings. The molecule has 0 bridgehead atoms. The van der Waals surface area contributed by atoms with E-state index in [1.807, 2.05) is 13.8 Å². The van der Waals surface area contributed by atoms with Crippen molar-refractivity contribution in [1.82, 2.24) is 10.3 Å². The molecule has 1 aliphatic rings. The number of aromatic amines is 1. The Bertz CT molecular complexity index is 1120. The second-order valence-electron chi connectivity index (χ2n) is 7.04. The number of benzene rings is 2. The molecule has 144 valence electrons. The number of H-pyrrole nitrogens is 1. The molecule has 4 rings (SSSR count). The fourth-order valence-electron chi connectivity index (χ4n) is 3.65. The first kappa shape index (κ1) is 18.0. The molecule has 3 N–H and O–H groups in total. The van der Waals surface area contributed by atoms with Gasteiger partial charge in [-0.25, -0.2) is 9.18 Å². The van der Waals surface area contributed by atoms with Crippen LogP contribution >= 0.6 is 0 Å². The Kier molecular flexibility index (Phi) is 4.30. The Morgan fingerprint density at radius 2 is 2.04 bits per heavy atom. The fraction of sp³-hybridized carbons (Fsp3) is 0.238. The van der Waals surface area contributed by atoms with Crippen molar-refractivity contribution in [3.05, 3.63) is 52.8 Å². The lowest BCUT2D eigenvalue weighted by atomic mass is 9.99. The normalized spacial score (nSPS) is 13.5. The smallest absolute Gasteiger partial charge is 0.339 e. The molecule has 0 unspecified atom stereocenters. The fourth-order valence-corrected chi connectivity index (χ4v) is 3.65. The van der Waals surface area contributed by atoms with Crippen LogP contribution in [0.15, 0.2) is 30.3 Å². The molecule has 0 aliphatic carbocycles. The van der Waals surface area contributed by atoms with Crippen molar-refractivity contribution in [1.29, 1.82) is 0 Å². The van der Waals surface area contributed by atoms with Crippen LogP contribution in [-0.4, -0.2) is 34.6 Å². The molecular weight excluding hydrogens is 363 g/mol. The first-order chi connectivity index (χ1) is 13.3.